The molecule has 0 saturated carbocycles. The standard InChI is InChI=1S/C13H15N3/c1-3-12-11(4-5-13(14)16-12)10-6-7-15-9(2)8-10/h4-8H,3H2,1-2H3,(H2,14,16). The van der Waals surface area contributed by atoms with E-state index < -0.39 is 0 Å². The average molecular weight is 213 g/mol. The van der Waals surface area contributed by atoms with E-state index in [0.29, 0.717) is 5.82 Å². The Bertz CT molecular complexity index is 506. The Morgan fingerprint density at radius 1 is 1.25 bits per heavy atom. The Morgan fingerprint density at radius 2 is 2.06 bits per heavy atom. The fraction of sp³-hybridized carbons (Fsp3) is 0.231. The van der Waals surface area contributed by atoms with Crippen molar-refractivity contribution in [1.29, 1.82) is 0 Å². The predicted octanol–water partition coefficient (Wildman–Crippen LogP) is 2.60. The molecule has 2 rings (SSSR count). The summed E-state index contributed by atoms with van der Waals surface area (Å²) in [6, 6.07) is 7.92. The van der Waals surface area contributed by atoms with Gasteiger partial charge in [-0.25, -0.2) is 4.98 Å². The van der Waals surface area contributed by atoms with Crippen molar-refractivity contribution < 1.29 is 0 Å². The van der Waals surface area contributed by atoms with Gasteiger partial charge in [0.1, 0.15) is 5.82 Å². The highest BCUT2D eigenvalue weighted by Crippen LogP contribution is 2.23. The van der Waals surface area contributed by atoms with E-state index >= 15 is 0 Å². The van der Waals surface area contributed by atoms with Crippen molar-refractivity contribution in [3.63, 3.8) is 0 Å². The van der Waals surface area contributed by atoms with E-state index in [9.17, 15) is 0 Å². The molecular weight excluding hydrogens is 198 g/mol. The molecule has 0 aliphatic carbocycles. The van der Waals surface area contributed by atoms with E-state index in [4.69, 9.17) is 5.73 Å². The number of aromatic nitrogens is 2. The molecule has 3 heteroatoms. The number of hydrogen-bond acceptors (Lipinski definition) is 3. The summed E-state index contributed by atoms with van der Waals surface area (Å²) in [6.07, 6.45) is 2.70. The summed E-state index contributed by atoms with van der Waals surface area (Å²) >= 11 is 0. The Kier molecular flexibility index (Phi) is 2.86. The monoisotopic (exact) mass is 213 g/mol. The van der Waals surface area contributed by atoms with Gasteiger partial charge in [-0.2, -0.15) is 0 Å². The van der Waals surface area contributed by atoms with Crippen LogP contribution in [0.25, 0.3) is 11.1 Å². The average Bonchev–Trinajstić information content (AvgIpc) is 2.28. The molecule has 0 saturated heterocycles. The van der Waals surface area contributed by atoms with E-state index in [-0.39, 0.29) is 0 Å². The van der Waals surface area contributed by atoms with E-state index in [1.807, 2.05) is 31.3 Å². The third-order valence-electron chi connectivity index (χ3n) is 2.54. The second kappa shape index (κ2) is 4.31. The molecule has 2 aromatic rings. The summed E-state index contributed by atoms with van der Waals surface area (Å²) in [5, 5.41) is 0. The fourth-order valence-corrected chi connectivity index (χ4v) is 1.76. The van der Waals surface area contributed by atoms with Crippen LogP contribution in [0.15, 0.2) is 30.5 Å². The Morgan fingerprint density at radius 3 is 2.75 bits per heavy atom. The molecule has 82 valence electrons. The number of nitrogens with zero attached hydrogens (tertiary/aromatic N) is 2. The lowest BCUT2D eigenvalue weighted by molar-refractivity contribution is 1.04. The van der Waals surface area contributed by atoms with Crippen LogP contribution in [0.2, 0.25) is 0 Å². The SMILES string of the molecule is CCc1nc(N)ccc1-c1ccnc(C)c1. The first-order valence-corrected chi connectivity index (χ1v) is 5.39. The lowest BCUT2D eigenvalue weighted by Gasteiger charge is -2.08. The molecule has 0 spiro atoms. The number of aryl methyl sites for hydroxylation is 2. The fourth-order valence-electron chi connectivity index (χ4n) is 1.76. The molecule has 16 heavy (non-hydrogen) atoms. The van der Waals surface area contributed by atoms with Crippen molar-refractivity contribution in [1.82, 2.24) is 9.97 Å². The molecular formula is C13H15N3. The molecule has 2 aromatic heterocycles. The van der Waals surface area contributed by atoms with Crippen molar-refractivity contribution in [2.75, 3.05) is 5.73 Å². The van der Waals surface area contributed by atoms with Gasteiger partial charge < -0.3 is 5.73 Å². The van der Waals surface area contributed by atoms with Crippen molar-refractivity contribution in [2.45, 2.75) is 20.3 Å². The van der Waals surface area contributed by atoms with Gasteiger partial charge in [-0.1, -0.05) is 6.92 Å². The van der Waals surface area contributed by atoms with Crippen LogP contribution in [0, 0.1) is 6.92 Å². The predicted molar refractivity (Wildman–Crippen MR) is 66.0 cm³/mol. The molecule has 0 bridgehead atoms. The van der Waals surface area contributed by atoms with Gasteiger partial charge in [0.2, 0.25) is 0 Å². The maximum atomic E-state index is 5.69. The second-order valence-corrected chi connectivity index (χ2v) is 3.77. The maximum Gasteiger partial charge on any atom is 0.123 e. The maximum absolute atomic E-state index is 5.69. The Hall–Kier alpha value is -1.90. The number of anilines is 1. The molecule has 0 aliphatic heterocycles. The van der Waals surface area contributed by atoms with E-state index in [1.54, 1.807) is 0 Å². The number of hydrogen-bond donors (Lipinski definition) is 1. The molecule has 0 aromatic carbocycles. The van der Waals surface area contributed by atoms with Crippen molar-refractivity contribution in [3.8, 4) is 11.1 Å². The summed E-state index contributed by atoms with van der Waals surface area (Å²) in [5.74, 6) is 0.575. The lowest BCUT2D eigenvalue weighted by atomic mass is 10.0. The Labute approximate surface area is 95.4 Å². The molecule has 0 aliphatic rings. The normalized spacial score (nSPS) is 10.4. The van der Waals surface area contributed by atoms with Crippen molar-refractivity contribution in [3.05, 3.63) is 41.9 Å². The van der Waals surface area contributed by atoms with Crippen molar-refractivity contribution >= 4 is 5.82 Å². The van der Waals surface area contributed by atoms with Crippen LogP contribution in [0.1, 0.15) is 18.3 Å². The van der Waals surface area contributed by atoms with Crippen LogP contribution < -0.4 is 5.73 Å². The number of rotatable bonds is 2. The molecule has 0 radical (unpaired) electrons. The molecule has 0 unspecified atom stereocenters. The molecule has 0 fully saturated rings. The first kappa shape index (κ1) is 10.6. The molecule has 2 N–H and O–H groups in total. The van der Waals surface area contributed by atoms with E-state index in [1.165, 1.54) is 0 Å². The van der Waals surface area contributed by atoms with Gasteiger partial charge in [0.25, 0.3) is 0 Å². The van der Waals surface area contributed by atoms with E-state index in [2.05, 4.69) is 23.0 Å². The highest BCUT2D eigenvalue weighted by atomic mass is 14.8. The highest BCUT2D eigenvalue weighted by molar-refractivity contribution is 5.67. The van der Waals surface area contributed by atoms with E-state index in [0.717, 1.165) is 28.9 Å². The minimum atomic E-state index is 0.575. The summed E-state index contributed by atoms with van der Waals surface area (Å²) in [5.41, 5.74) is 10.0. The van der Waals surface area contributed by atoms with Crippen LogP contribution in [0.3, 0.4) is 0 Å². The van der Waals surface area contributed by atoms with Crippen LogP contribution in [-0.2, 0) is 6.42 Å². The first-order valence-electron chi connectivity index (χ1n) is 5.39. The van der Waals surface area contributed by atoms with Gasteiger partial charge in [0.15, 0.2) is 0 Å². The zero-order chi connectivity index (χ0) is 11.5. The molecule has 0 amide bonds. The molecule has 2 heterocycles. The number of nitrogens with two attached hydrogens (primary N) is 1. The third-order valence-corrected chi connectivity index (χ3v) is 2.54. The quantitative estimate of drug-likeness (QED) is 0.834. The molecule has 0 atom stereocenters. The summed E-state index contributed by atoms with van der Waals surface area (Å²) < 4.78 is 0. The van der Waals surface area contributed by atoms with Gasteiger partial charge in [-0.3, -0.25) is 4.98 Å². The minimum Gasteiger partial charge on any atom is -0.384 e. The largest absolute Gasteiger partial charge is 0.384 e. The highest BCUT2D eigenvalue weighted by Gasteiger charge is 2.05. The zero-order valence-electron chi connectivity index (χ0n) is 9.57. The third kappa shape index (κ3) is 2.03. The topological polar surface area (TPSA) is 51.8 Å². The summed E-state index contributed by atoms with van der Waals surface area (Å²) in [4.78, 5) is 8.55. The second-order valence-electron chi connectivity index (χ2n) is 3.77. The molecule has 3 nitrogen and oxygen atoms in total. The van der Waals surface area contributed by atoms with Gasteiger partial charge in [-0.15, -0.1) is 0 Å². The Balaban J connectivity index is 2.55. The van der Waals surface area contributed by atoms with Gasteiger partial charge >= 0.3 is 0 Å². The summed E-state index contributed by atoms with van der Waals surface area (Å²) in [7, 11) is 0. The van der Waals surface area contributed by atoms with Crippen LogP contribution >= 0.6 is 0 Å². The zero-order valence-corrected chi connectivity index (χ0v) is 9.57. The van der Waals surface area contributed by atoms with Crippen LogP contribution in [0.4, 0.5) is 5.82 Å². The van der Waals surface area contributed by atoms with Gasteiger partial charge in [0.05, 0.1) is 5.69 Å². The summed E-state index contributed by atoms with van der Waals surface area (Å²) in [6.45, 7) is 4.07. The lowest BCUT2D eigenvalue weighted by Crippen LogP contribution is -1.97. The number of pyridine rings is 2. The van der Waals surface area contributed by atoms with Crippen LogP contribution in [0.5, 0.6) is 0 Å². The number of nitrogen functional groups attached to an aromatic ring is 1. The smallest absolute Gasteiger partial charge is 0.123 e. The van der Waals surface area contributed by atoms with Crippen molar-refractivity contribution in [2.24, 2.45) is 0 Å². The van der Waals surface area contributed by atoms with Gasteiger partial charge in [-0.05, 0) is 43.2 Å². The first-order chi connectivity index (χ1) is 7.70. The van der Waals surface area contributed by atoms with Gasteiger partial charge in [0, 0.05) is 17.5 Å². The minimum absolute atomic E-state index is 0.575. The van der Waals surface area contributed by atoms with Crippen LogP contribution in [-0.4, -0.2) is 9.97 Å².